The molecule has 1 aliphatic heterocycles. The fourth-order valence-electron chi connectivity index (χ4n) is 3.36. The lowest BCUT2D eigenvalue weighted by Gasteiger charge is -2.29. The zero-order valence-corrected chi connectivity index (χ0v) is 14.2. The summed E-state index contributed by atoms with van der Waals surface area (Å²) in [5.74, 6) is -0.127. The number of hydrogen-bond donors (Lipinski definition) is 1. The monoisotopic (exact) mass is 310 g/mol. The summed E-state index contributed by atoms with van der Waals surface area (Å²) in [6.07, 6.45) is 8.27. The highest BCUT2D eigenvalue weighted by Crippen LogP contribution is 2.61. The molecule has 0 atom stereocenters. The van der Waals surface area contributed by atoms with Crippen molar-refractivity contribution in [2.45, 2.75) is 40.0 Å². The second-order valence-corrected chi connectivity index (χ2v) is 10.8. The summed E-state index contributed by atoms with van der Waals surface area (Å²) in [5, 5.41) is 3.03. The molecule has 1 N–H and O–H groups in total. The zero-order valence-electron chi connectivity index (χ0n) is 13.3. The van der Waals surface area contributed by atoms with Crippen LogP contribution < -0.4 is 5.32 Å². The molecule has 0 saturated carbocycles. The molecule has 1 amide bonds. The van der Waals surface area contributed by atoms with E-state index >= 15 is 0 Å². The van der Waals surface area contributed by atoms with Crippen LogP contribution >= 0.6 is 7.26 Å². The number of anilines is 1. The summed E-state index contributed by atoms with van der Waals surface area (Å²) in [6.45, 7) is 5.93. The van der Waals surface area contributed by atoms with E-state index in [4.69, 9.17) is 0 Å². The molecule has 2 rings (SSSR count). The van der Waals surface area contributed by atoms with E-state index in [-0.39, 0.29) is 11.7 Å². The zero-order chi connectivity index (χ0) is 15.5. The second kappa shape index (κ2) is 6.87. The topological polar surface area (TPSA) is 29.1 Å². The fraction of sp³-hybridized carbons (Fsp3) is 0.588. The average molecular weight is 310 g/mol. The minimum absolute atomic E-state index is 0.116. The maximum absolute atomic E-state index is 13.3. The van der Waals surface area contributed by atoms with Gasteiger partial charge in [0.05, 0.1) is 18.5 Å². The van der Waals surface area contributed by atoms with E-state index in [1.807, 2.05) is 13.8 Å². The lowest BCUT2D eigenvalue weighted by Crippen LogP contribution is -2.25. The second-order valence-electron chi connectivity index (χ2n) is 6.29. The van der Waals surface area contributed by atoms with Crippen molar-refractivity contribution in [3.63, 3.8) is 0 Å². The Morgan fingerprint density at radius 3 is 2.29 bits per heavy atom. The van der Waals surface area contributed by atoms with E-state index in [1.54, 1.807) is 0 Å². The van der Waals surface area contributed by atoms with Crippen molar-refractivity contribution in [2.24, 2.45) is 0 Å². The molecule has 0 aromatic heterocycles. The number of carbonyl (C=O) groups is 1. The summed E-state index contributed by atoms with van der Waals surface area (Å²) in [5.41, 5.74) is 2.38. The van der Waals surface area contributed by atoms with Gasteiger partial charge in [-0.25, -0.2) is 4.39 Å². The highest BCUT2D eigenvalue weighted by molar-refractivity contribution is 7.76. The quantitative estimate of drug-likeness (QED) is 0.809. The summed E-state index contributed by atoms with van der Waals surface area (Å²) < 4.78 is 13.3. The maximum atomic E-state index is 13.3. The molecule has 1 saturated heterocycles. The van der Waals surface area contributed by atoms with Gasteiger partial charge in [-0.2, -0.15) is 0 Å². The van der Waals surface area contributed by atoms with Gasteiger partial charge in [-0.15, -0.1) is 0 Å². The molecule has 1 heterocycles. The molecule has 4 heteroatoms. The van der Waals surface area contributed by atoms with Crippen molar-refractivity contribution in [2.75, 3.05) is 30.0 Å². The van der Waals surface area contributed by atoms with Crippen LogP contribution in [0, 0.1) is 19.7 Å². The van der Waals surface area contributed by atoms with E-state index in [1.165, 1.54) is 49.9 Å². The molecular formula is C17H26FNOP+. The molecule has 0 spiro atoms. The first kappa shape index (κ1) is 16.4. The van der Waals surface area contributed by atoms with Crippen LogP contribution in [0.3, 0.4) is 0 Å². The van der Waals surface area contributed by atoms with Crippen molar-refractivity contribution in [3.8, 4) is 0 Å². The maximum Gasteiger partial charge on any atom is 0.261 e. The summed E-state index contributed by atoms with van der Waals surface area (Å²) in [7, 11) is -1.09. The van der Waals surface area contributed by atoms with Gasteiger partial charge in [0, 0.05) is 12.9 Å². The van der Waals surface area contributed by atoms with Gasteiger partial charge in [-0.1, -0.05) is 0 Å². The molecule has 1 aromatic rings. The van der Waals surface area contributed by atoms with Crippen molar-refractivity contribution in [1.82, 2.24) is 0 Å². The largest absolute Gasteiger partial charge is 0.322 e. The highest BCUT2D eigenvalue weighted by atomic mass is 31.2. The van der Waals surface area contributed by atoms with Crippen LogP contribution in [0.15, 0.2) is 12.1 Å². The Balaban J connectivity index is 2.08. The first-order chi connectivity index (χ1) is 9.96. The van der Waals surface area contributed by atoms with E-state index in [9.17, 15) is 9.18 Å². The van der Waals surface area contributed by atoms with E-state index in [0.29, 0.717) is 6.16 Å². The summed E-state index contributed by atoms with van der Waals surface area (Å²) >= 11 is 0. The molecule has 0 unspecified atom stereocenters. The molecule has 116 valence electrons. The fourth-order valence-corrected chi connectivity index (χ4v) is 7.23. The van der Waals surface area contributed by atoms with Gasteiger partial charge >= 0.3 is 0 Å². The van der Waals surface area contributed by atoms with Crippen LogP contribution in [0.1, 0.15) is 37.3 Å². The minimum Gasteiger partial charge on any atom is -0.322 e. The lowest BCUT2D eigenvalue weighted by atomic mass is 10.1. The van der Waals surface area contributed by atoms with Gasteiger partial charge in [0.25, 0.3) is 5.91 Å². The van der Waals surface area contributed by atoms with E-state index < -0.39 is 7.26 Å². The smallest absolute Gasteiger partial charge is 0.261 e. The van der Waals surface area contributed by atoms with Crippen LogP contribution in [0.25, 0.3) is 0 Å². The van der Waals surface area contributed by atoms with Crippen molar-refractivity contribution in [1.29, 1.82) is 0 Å². The first-order valence-corrected chi connectivity index (χ1v) is 10.4. The predicted molar refractivity (Wildman–Crippen MR) is 90.4 cm³/mol. The summed E-state index contributed by atoms with van der Waals surface area (Å²) in [6, 6.07) is 2.96. The number of benzene rings is 1. The molecule has 2 nitrogen and oxygen atoms in total. The Hall–Kier alpha value is -0.950. The van der Waals surface area contributed by atoms with Gasteiger partial charge in [0.2, 0.25) is 0 Å². The van der Waals surface area contributed by atoms with Gasteiger partial charge in [-0.05, 0) is 63.3 Å². The third-order valence-electron chi connectivity index (χ3n) is 4.68. The van der Waals surface area contributed by atoms with Gasteiger partial charge in [0.15, 0.2) is 0 Å². The molecule has 21 heavy (non-hydrogen) atoms. The van der Waals surface area contributed by atoms with Gasteiger partial charge in [0.1, 0.15) is 12.0 Å². The molecule has 1 aliphatic rings. The van der Waals surface area contributed by atoms with Crippen LogP contribution in [-0.4, -0.2) is 30.6 Å². The molecule has 1 fully saturated rings. The number of nitrogens with one attached hydrogen (secondary N) is 1. The van der Waals surface area contributed by atoms with Crippen molar-refractivity contribution in [3.05, 3.63) is 29.1 Å². The molecule has 1 aromatic carbocycles. The summed E-state index contributed by atoms with van der Waals surface area (Å²) in [4.78, 5) is 12.5. The number of carbonyl (C=O) groups excluding carboxylic acids is 1. The predicted octanol–water partition coefficient (Wildman–Crippen LogP) is 4.60. The van der Waals surface area contributed by atoms with Crippen molar-refractivity contribution >= 4 is 18.9 Å². The first-order valence-electron chi connectivity index (χ1n) is 7.87. The average Bonchev–Trinajstić information content (AvgIpc) is 2.44. The van der Waals surface area contributed by atoms with E-state index in [2.05, 4.69) is 12.2 Å². The minimum atomic E-state index is -1.09. The van der Waals surface area contributed by atoms with Crippen LogP contribution in [0.2, 0.25) is 0 Å². The molecule has 0 radical (unpaired) electrons. The Morgan fingerprint density at radius 2 is 1.76 bits per heavy atom. The molecule has 0 aliphatic carbocycles. The number of amides is 1. The van der Waals surface area contributed by atoms with Crippen LogP contribution in [-0.2, 0) is 4.79 Å². The number of aryl methyl sites for hydroxylation is 2. The normalized spacial score (nSPS) is 17.5. The number of hydrogen-bond acceptors (Lipinski definition) is 1. The number of rotatable bonds is 4. The van der Waals surface area contributed by atoms with Gasteiger partial charge < -0.3 is 5.32 Å². The highest BCUT2D eigenvalue weighted by Gasteiger charge is 2.39. The van der Waals surface area contributed by atoms with Crippen LogP contribution in [0.5, 0.6) is 0 Å². The lowest BCUT2D eigenvalue weighted by molar-refractivity contribution is -0.113. The van der Waals surface area contributed by atoms with Crippen LogP contribution in [0.4, 0.5) is 10.1 Å². The standard InChI is InChI=1S/C17H25FNOP/c1-4-21(8-6-5-7-9-21)12-16(20)19-17-13(2)10-15(18)11-14(17)3/h10-11H,4-9,12H2,1-3H3/p+1. The van der Waals surface area contributed by atoms with E-state index in [0.717, 1.165) is 16.8 Å². The third kappa shape index (κ3) is 4.03. The number of halogens is 1. The molecular weight excluding hydrogens is 284 g/mol. The third-order valence-corrected chi connectivity index (χ3v) is 9.51. The SMILES string of the molecule is CC[P+]1(CC(=O)Nc2c(C)cc(F)cc2C)CCCCC1. The Kier molecular flexibility index (Phi) is 5.37. The van der Waals surface area contributed by atoms with Gasteiger partial charge in [-0.3, -0.25) is 4.79 Å². The van der Waals surface area contributed by atoms with Crippen molar-refractivity contribution < 1.29 is 9.18 Å². The Bertz CT molecular complexity index is 501. The molecule has 0 bridgehead atoms. The Morgan fingerprint density at radius 1 is 1.19 bits per heavy atom. The Labute approximate surface area is 127 Å².